The summed E-state index contributed by atoms with van der Waals surface area (Å²) < 4.78 is 10.2. The Bertz CT molecular complexity index is 226. The van der Waals surface area contributed by atoms with Gasteiger partial charge in [0.25, 0.3) is 0 Å². The maximum Gasteiger partial charge on any atom is 0.149 e. The second kappa shape index (κ2) is 3.33. The van der Waals surface area contributed by atoms with Crippen LogP contribution in [-0.4, -0.2) is 22.1 Å². The summed E-state index contributed by atoms with van der Waals surface area (Å²) in [5.41, 5.74) is 1.04. The molecular weight excluding hydrogens is 139 g/mol. The molecule has 2 nitrogen and oxygen atoms in total. The molecule has 0 saturated carbocycles. The second-order valence-electron chi connectivity index (χ2n) is 2.29. The van der Waals surface area contributed by atoms with Crippen molar-refractivity contribution in [2.45, 2.75) is 0 Å². The first-order valence-electron chi connectivity index (χ1n) is 3.47. The van der Waals surface area contributed by atoms with Crippen LogP contribution in [0.1, 0.15) is 0 Å². The van der Waals surface area contributed by atoms with E-state index in [-0.39, 0.29) is 0 Å². The maximum absolute atomic E-state index is 5.11. The molecule has 11 heavy (non-hydrogen) atoms. The smallest absolute Gasteiger partial charge is 0.149 e. The summed E-state index contributed by atoms with van der Waals surface area (Å²) in [6.07, 6.45) is 0. The van der Waals surface area contributed by atoms with Gasteiger partial charge < -0.3 is 9.47 Å². The Labute approximate surface area is 67.5 Å². The number of methoxy groups -OCH3 is 2. The lowest BCUT2D eigenvalue weighted by Gasteiger charge is -2.08. The van der Waals surface area contributed by atoms with Crippen molar-refractivity contribution in [1.29, 1.82) is 0 Å². The Morgan fingerprint density at radius 3 is 1.91 bits per heavy atom. The molecule has 0 aliphatic rings. The average molecular weight is 150 g/mol. The molecule has 0 radical (unpaired) electrons. The molecule has 58 valence electrons. The van der Waals surface area contributed by atoms with Crippen LogP contribution in [0.4, 0.5) is 0 Å². The summed E-state index contributed by atoms with van der Waals surface area (Å²) >= 11 is 0. The number of benzene rings is 1. The quantitative estimate of drug-likeness (QED) is 0.550. The van der Waals surface area contributed by atoms with Gasteiger partial charge in [0.15, 0.2) is 0 Å². The lowest BCUT2D eigenvalue weighted by molar-refractivity contribution is 0.400. The van der Waals surface area contributed by atoms with Gasteiger partial charge in [-0.3, -0.25) is 0 Å². The first kappa shape index (κ1) is 7.99. The van der Waals surface area contributed by atoms with Gasteiger partial charge in [-0.05, 0) is 17.6 Å². The third-order valence-electron chi connectivity index (χ3n) is 1.67. The number of ether oxygens (including phenoxy) is 2. The van der Waals surface area contributed by atoms with E-state index < -0.39 is 0 Å². The molecule has 0 aromatic heterocycles. The number of hydrogen-bond acceptors (Lipinski definition) is 2. The third kappa shape index (κ3) is 1.48. The van der Waals surface area contributed by atoms with E-state index in [0.717, 1.165) is 17.0 Å². The zero-order valence-corrected chi connectivity index (χ0v) is 7.05. The largest absolute Gasteiger partial charge is 0.497 e. The van der Waals surface area contributed by atoms with Gasteiger partial charge in [-0.25, -0.2) is 0 Å². The topological polar surface area (TPSA) is 18.5 Å². The van der Waals surface area contributed by atoms with E-state index in [2.05, 4.69) is 0 Å². The molecular formula is C8H11BO2. The van der Waals surface area contributed by atoms with Crippen LogP contribution in [0.3, 0.4) is 0 Å². The number of rotatable bonds is 2. The van der Waals surface area contributed by atoms with Crippen LogP contribution in [0.25, 0.3) is 0 Å². The fraction of sp³-hybridized carbons (Fsp3) is 0.250. The molecule has 0 atom stereocenters. The summed E-state index contributed by atoms with van der Waals surface area (Å²) in [6, 6.07) is 5.74. The molecule has 0 unspecified atom stereocenters. The van der Waals surface area contributed by atoms with Gasteiger partial charge in [-0.2, -0.15) is 0 Å². The predicted octanol–water partition coefficient (Wildman–Crippen LogP) is -0.0378. The summed E-state index contributed by atoms with van der Waals surface area (Å²) in [4.78, 5) is 0. The van der Waals surface area contributed by atoms with Crippen molar-refractivity contribution in [3.8, 4) is 11.5 Å². The van der Waals surface area contributed by atoms with Crippen LogP contribution in [0.5, 0.6) is 11.5 Å². The first-order chi connectivity index (χ1) is 5.29. The molecule has 3 heteroatoms. The van der Waals surface area contributed by atoms with Gasteiger partial charge in [0, 0.05) is 0 Å². The minimum Gasteiger partial charge on any atom is -0.497 e. The Balaban J connectivity index is 3.10. The van der Waals surface area contributed by atoms with Crippen molar-refractivity contribution in [3.05, 3.63) is 18.2 Å². The van der Waals surface area contributed by atoms with Crippen LogP contribution in [0, 0.1) is 0 Å². The van der Waals surface area contributed by atoms with Crippen LogP contribution in [-0.2, 0) is 0 Å². The lowest BCUT2D eigenvalue weighted by atomic mass is 9.94. The molecule has 0 saturated heterocycles. The van der Waals surface area contributed by atoms with E-state index in [1.54, 1.807) is 14.2 Å². The predicted molar refractivity (Wildman–Crippen MR) is 47.7 cm³/mol. The fourth-order valence-electron chi connectivity index (χ4n) is 1.04. The molecule has 0 N–H and O–H groups in total. The minimum atomic E-state index is 0.865. The molecule has 0 aliphatic heterocycles. The van der Waals surface area contributed by atoms with Crippen LogP contribution >= 0.6 is 0 Å². The maximum atomic E-state index is 5.11. The van der Waals surface area contributed by atoms with Gasteiger partial charge in [-0.15, -0.1) is 0 Å². The SMILES string of the molecule is Bc1c(OC)cccc1OC. The Morgan fingerprint density at radius 2 is 1.55 bits per heavy atom. The van der Waals surface area contributed by atoms with Crippen molar-refractivity contribution in [2.75, 3.05) is 14.2 Å². The molecule has 1 aromatic carbocycles. The zero-order valence-electron chi connectivity index (χ0n) is 7.05. The van der Waals surface area contributed by atoms with E-state index in [9.17, 15) is 0 Å². The van der Waals surface area contributed by atoms with E-state index in [0.29, 0.717) is 0 Å². The molecule has 1 rings (SSSR count). The Morgan fingerprint density at radius 1 is 1.09 bits per heavy atom. The molecule has 0 amide bonds. The van der Waals surface area contributed by atoms with E-state index in [1.165, 1.54) is 0 Å². The average Bonchev–Trinajstić information content (AvgIpc) is 2.05. The van der Waals surface area contributed by atoms with Crippen molar-refractivity contribution in [3.63, 3.8) is 0 Å². The molecule has 0 bridgehead atoms. The van der Waals surface area contributed by atoms with Crippen LogP contribution < -0.4 is 14.9 Å². The number of hydrogen-bond donors (Lipinski definition) is 0. The molecule has 0 spiro atoms. The Hall–Kier alpha value is -1.12. The van der Waals surface area contributed by atoms with Crippen molar-refractivity contribution in [2.24, 2.45) is 0 Å². The van der Waals surface area contributed by atoms with Crippen molar-refractivity contribution >= 4 is 13.3 Å². The van der Waals surface area contributed by atoms with Crippen molar-refractivity contribution < 1.29 is 9.47 Å². The van der Waals surface area contributed by atoms with Crippen molar-refractivity contribution in [1.82, 2.24) is 0 Å². The van der Waals surface area contributed by atoms with Crippen LogP contribution in [0.2, 0.25) is 0 Å². The zero-order chi connectivity index (χ0) is 8.27. The highest BCUT2D eigenvalue weighted by Gasteiger charge is 2.01. The van der Waals surface area contributed by atoms with E-state index >= 15 is 0 Å². The standard InChI is InChI=1S/C8H11BO2/c1-10-6-4-3-5-7(11-2)8(6)9/h3-5H,9H2,1-2H3. The summed E-state index contributed by atoms with van der Waals surface area (Å²) in [7, 11) is 5.28. The highest BCUT2D eigenvalue weighted by Crippen LogP contribution is 2.13. The fourth-order valence-corrected chi connectivity index (χ4v) is 1.04. The minimum absolute atomic E-state index is 0.865. The summed E-state index contributed by atoms with van der Waals surface area (Å²) in [6.45, 7) is 0. The van der Waals surface area contributed by atoms with Gasteiger partial charge in [0.2, 0.25) is 0 Å². The lowest BCUT2D eigenvalue weighted by Crippen LogP contribution is -2.10. The highest BCUT2D eigenvalue weighted by molar-refractivity contribution is 6.36. The van der Waals surface area contributed by atoms with E-state index in [4.69, 9.17) is 9.47 Å². The second-order valence-corrected chi connectivity index (χ2v) is 2.29. The highest BCUT2D eigenvalue weighted by atomic mass is 16.5. The van der Waals surface area contributed by atoms with Gasteiger partial charge in [0.05, 0.1) is 14.2 Å². The first-order valence-corrected chi connectivity index (χ1v) is 3.47. The molecule has 1 aromatic rings. The van der Waals surface area contributed by atoms with Crippen LogP contribution in [0.15, 0.2) is 18.2 Å². The molecule has 0 heterocycles. The summed E-state index contributed by atoms with van der Waals surface area (Å²) in [5, 5.41) is 0. The Kier molecular flexibility index (Phi) is 2.42. The van der Waals surface area contributed by atoms with Gasteiger partial charge >= 0.3 is 0 Å². The molecule has 0 fully saturated rings. The summed E-state index contributed by atoms with van der Waals surface area (Å²) in [5.74, 6) is 1.73. The third-order valence-corrected chi connectivity index (χ3v) is 1.67. The van der Waals surface area contributed by atoms with Gasteiger partial charge in [0.1, 0.15) is 19.3 Å². The normalized spacial score (nSPS) is 9.27. The molecule has 0 aliphatic carbocycles. The van der Waals surface area contributed by atoms with E-state index in [1.807, 2.05) is 26.0 Å². The monoisotopic (exact) mass is 150 g/mol. The van der Waals surface area contributed by atoms with Gasteiger partial charge in [-0.1, -0.05) is 6.07 Å².